The summed E-state index contributed by atoms with van der Waals surface area (Å²) in [5.41, 5.74) is 0. The normalized spacial score (nSPS) is 18.4. The van der Waals surface area contributed by atoms with Crippen molar-refractivity contribution in [2.45, 2.75) is 18.8 Å². The molecule has 1 unspecified atom stereocenters. The topological polar surface area (TPSA) is 25.8 Å². The molecule has 1 aromatic heterocycles. The molecule has 0 aromatic carbocycles. The highest BCUT2D eigenvalue weighted by Gasteiger charge is 2.21. The van der Waals surface area contributed by atoms with E-state index in [4.69, 9.17) is 0 Å². The first-order chi connectivity index (χ1) is 4.97. The van der Waals surface area contributed by atoms with Gasteiger partial charge in [-0.15, -0.1) is 0 Å². The molecule has 1 aliphatic rings. The molecule has 0 bridgehead atoms. The maximum atomic E-state index is 4.16. The number of rotatable bonds is 1. The quantitative estimate of drug-likeness (QED) is 0.581. The maximum Gasteiger partial charge on any atom is 0.131 e. The lowest BCUT2D eigenvalue weighted by Gasteiger charge is -2.22. The molecule has 0 saturated heterocycles. The molecule has 0 spiro atoms. The van der Waals surface area contributed by atoms with Crippen molar-refractivity contribution in [2.75, 3.05) is 0 Å². The first-order valence-electron chi connectivity index (χ1n) is 3.57. The van der Waals surface area contributed by atoms with E-state index in [0.717, 1.165) is 5.82 Å². The molecule has 10 heavy (non-hydrogen) atoms. The van der Waals surface area contributed by atoms with Crippen molar-refractivity contribution < 1.29 is 0 Å². The summed E-state index contributed by atoms with van der Waals surface area (Å²) < 4.78 is 0. The van der Waals surface area contributed by atoms with Crippen molar-refractivity contribution in [1.82, 2.24) is 9.97 Å². The summed E-state index contributed by atoms with van der Waals surface area (Å²) in [5.74, 6) is 1.52. The summed E-state index contributed by atoms with van der Waals surface area (Å²) in [6.45, 7) is 0. The Kier molecular flexibility index (Phi) is 1.38. The smallest absolute Gasteiger partial charge is 0.131 e. The van der Waals surface area contributed by atoms with Crippen LogP contribution in [0.5, 0.6) is 0 Å². The molecule has 2 rings (SSSR count). The van der Waals surface area contributed by atoms with Crippen molar-refractivity contribution in [3.05, 3.63) is 30.7 Å². The van der Waals surface area contributed by atoms with E-state index in [-0.39, 0.29) is 0 Å². The molecule has 1 aromatic rings. The molecule has 1 heterocycles. The minimum atomic E-state index is 0.543. The van der Waals surface area contributed by atoms with Crippen LogP contribution in [-0.4, -0.2) is 9.97 Å². The third-order valence-corrected chi connectivity index (χ3v) is 1.85. The van der Waals surface area contributed by atoms with Crippen molar-refractivity contribution in [1.29, 1.82) is 0 Å². The monoisotopic (exact) mass is 133 g/mol. The Morgan fingerprint density at radius 1 is 1.30 bits per heavy atom. The van der Waals surface area contributed by atoms with E-state index >= 15 is 0 Å². The molecule has 1 atom stereocenters. The van der Waals surface area contributed by atoms with E-state index in [1.807, 2.05) is 6.07 Å². The Hall–Kier alpha value is -0.920. The van der Waals surface area contributed by atoms with Crippen molar-refractivity contribution in [3.63, 3.8) is 0 Å². The van der Waals surface area contributed by atoms with Crippen LogP contribution >= 0.6 is 0 Å². The largest absolute Gasteiger partial charge is 0.241 e. The Balaban J connectivity index is 2.18. The van der Waals surface area contributed by atoms with Crippen LogP contribution in [0.4, 0.5) is 0 Å². The summed E-state index contributed by atoms with van der Waals surface area (Å²) >= 11 is 0. The Morgan fingerprint density at radius 3 is 2.50 bits per heavy atom. The molecule has 2 heteroatoms. The minimum Gasteiger partial charge on any atom is -0.241 e. The van der Waals surface area contributed by atoms with E-state index in [2.05, 4.69) is 16.4 Å². The second kappa shape index (κ2) is 2.37. The average molecular weight is 133 g/mol. The number of hydrogen-bond donors (Lipinski definition) is 0. The number of nitrogens with zero attached hydrogens (tertiary/aromatic N) is 2. The van der Waals surface area contributed by atoms with Gasteiger partial charge in [0.1, 0.15) is 5.82 Å². The lowest BCUT2D eigenvalue weighted by molar-refractivity contribution is 0.526. The second-order valence-electron chi connectivity index (χ2n) is 2.53. The van der Waals surface area contributed by atoms with Gasteiger partial charge in [0.05, 0.1) is 0 Å². The second-order valence-corrected chi connectivity index (χ2v) is 2.53. The van der Waals surface area contributed by atoms with Gasteiger partial charge in [-0.1, -0.05) is 0 Å². The molecule has 2 nitrogen and oxygen atoms in total. The van der Waals surface area contributed by atoms with Gasteiger partial charge < -0.3 is 0 Å². The van der Waals surface area contributed by atoms with Crippen LogP contribution in [0.1, 0.15) is 24.6 Å². The lowest BCUT2D eigenvalue weighted by atomic mass is 9.85. The molecule has 1 radical (unpaired) electrons. The molecule has 0 amide bonds. The summed E-state index contributed by atoms with van der Waals surface area (Å²) in [5, 5.41) is 0. The highest BCUT2D eigenvalue weighted by molar-refractivity contribution is 5.09. The lowest BCUT2D eigenvalue weighted by Crippen LogP contribution is -2.12. The van der Waals surface area contributed by atoms with E-state index in [1.54, 1.807) is 12.4 Å². The molecule has 1 fully saturated rings. The first-order valence-corrected chi connectivity index (χ1v) is 3.57. The van der Waals surface area contributed by atoms with Gasteiger partial charge in [-0.05, 0) is 25.3 Å². The van der Waals surface area contributed by atoms with E-state index in [0.29, 0.717) is 5.92 Å². The van der Waals surface area contributed by atoms with Gasteiger partial charge in [0, 0.05) is 18.3 Å². The number of hydrogen-bond acceptors (Lipinski definition) is 2. The van der Waals surface area contributed by atoms with Crippen molar-refractivity contribution >= 4 is 0 Å². The fourth-order valence-corrected chi connectivity index (χ4v) is 1.07. The predicted molar refractivity (Wildman–Crippen MR) is 38.3 cm³/mol. The third-order valence-electron chi connectivity index (χ3n) is 1.85. The van der Waals surface area contributed by atoms with Gasteiger partial charge in [-0.3, -0.25) is 0 Å². The van der Waals surface area contributed by atoms with Crippen molar-refractivity contribution in [3.8, 4) is 0 Å². The summed E-state index contributed by atoms with van der Waals surface area (Å²) in [7, 11) is 0. The highest BCUT2D eigenvalue weighted by Crippen LogP contribution is 2.32. The fourth-order valence-electron chi connectivity index (χ4n) is 1.07. The zero-order valence-electron chi connectivity index (χ0n) is 5.70. The zero-order valence-corrected chi connectivity index (χ0v) is 5.70. The van der Waals surface area contributed by atoms with E-state index in [1.165, 1.54) is 12.8 Å². The first kappa shape index (κ1) is 5.83. The van der Waals surface area contributed by atoms with Crippen LogP contribution in [0.15, 0.2) is 18.5 Å². The molecule has 0 aliphatic heterocycles. The van der Waals surface area contributed by atoms with Gasteiger partial charge in [0.25, 0.3) is 0 Å². The summed E-state index contributed by atoms with van der Waals surface area (Å²) in [6, 6.07) is 1.85. The molecule has 0 N–H and O–H groups in total. The van der Waals surface area contributed by atoms with Gasteiger partial charge in [0.15, 0.2) is 0 Å². The van der Waals surface area contributed by atoms with Crippen LogP contribution in [0.25, 0.3) is 0 Å². The van der Waals surface area contributed by atoms with Crippen LogP contribution in [0.2, 0.25) is 0 Å². The Labute approximate surface area is 60.3 Å². The minimum absolute atomic E-state index is 0.543. The number of aromatic nitrogens is 2. The van der Waals surface area contributed by atoms with Crippen LogP contribution < -0.4 is 0 Å². The van der Waals surface area contributed by atoms with Crippen LogP contribution in [0, 0.1) is 6.42 Å². The molecule has 51 valence electrons. The Morgan fingerprint density at radius 2 is 2.00 bits per heavy atom. The maximum absolute atomic E-state index is 4.16. The van der Waals surface area contributed by atoms with E-state index in [9.17, 15) is 0 Å². The molecular formula is C8H9N2. The standard InChI is InChI=1S/C8H9N2/c1-3-7(4-1)8-9-5-2-6-10-8/h2-3,5-7H,1,4H2. The zero-order chi connectivity index (χ0) is 6.81. The van der Waals surface area contributed by atoms with Gasteiger partial charge in [0.2, 0.25) is 0 Å². The van der Waals surface area contributed by atoms with Gasteiger partial charge in [-0.25, -0.2) is 9.97 Å². The van der Waals surface area contributed by atoms with Crippen LogP contribution in [0.3, 0.4) is 0 Å². The molecular weight excluding hydrogens is 124 g/mol. The summed E-state index contributed by atoms with van der Waals surface area (Å²) in [6.07, 6.45) is 8.31. The third kappa shape index (κ3) is 0.897. The Bertz CT molecular complexity index is 204. The highest BCUT2D eigenvalue weighted by atomic mass is 14.9. The molecule has 1 saturated carbocycles. The molecule has 1 aliphatic carbocycles. The SMILES string of the molecule is [CH]1CCC1c1ncccn1. The van der Waals surface area contributed by atoms with E-state index < -0.39 is 0 Å². The summed E-state index contributed by atoms with van der Waals surface area (Å²) in [4.78, 5) is 8.32. The van der Waals surface area contributed by atoms with Gasteiger partial charge >= 0.3 is 0 Å². The predicted octanol–water partition coefficient (Wildman–Crippen LogP) is 1.56. The fraction of sp³-hybridized carbons (Fsp3) is 0.375. The van der Waals surface area contributed by atoms with Gasteiger partial charge in [-0.2, -0.15) is 0 Å². The van der Waals surface area contributed by atoms with Crippen molar-refractivity contribution in [2.24, 2.45) is 0 Å². The average Bonchev–Trinajstić information content (AvgIpc) is 1.86. The van der Waals surface area contributed by atoms with Crippen LogP contribution in [-0.2, 0) is 0 Å².